The predicted octanol–water partition coefficient (Wildman–Crippen LogP) is 2.78. The van der Waals surface area contributed by atoms with Crippen molar-refractivity contribution in [1.29, 1.82) is 0 Å². The van der Waals surface area contributed by atoms with Crippen molar-refractivity contribution in [2.75, 3.05) is 0 Å². The Bertz CT molecular complexity index is 1760. The van der Waals surface area contributed by atoms with Gasteiger partial charge in [0.1, 0.15) is 11.4 Å². The summed E-state index contributed by atoms with van der Waals surface area (Å²) in [5.74, 6) is 5.05. The molecule has 0 spiro atoms. The number of aldehydes is 1. The van der Waals surface area contributed by atoms with Crippen LogP contribution in [0.15, 0.2) is 71.8 Å². The normalized spacial score (nSPS) is 11.6. The summed E-state index contributed by atoms with van der Waals surface area (Å²) >= 11 is 0. The van der Waals surface area contributed by atoms with Gasteiger partial charge in [-0.2, -0.15) is 5.10 Å². The van der Waals surface area contributed by atoms with Crippen LogP contribution in [0.2, 0.25) is 0 Å². The van der Waals surface area contributed by atoms with Crippen molar-refractivity contribution in [3.63, 3.8) is 0 Å². The zero-order valence-electron chi connectivity index (χ0n) is 19.5. The summed E-state index contributed by atoms with van der Waals surface area (Å²) in [5, 5.41) is 7.60. The van der Waals surface area contributed by atoms with Crippen molar-refractivity contribution in [1.82, 2.24) is 29.5 Å². The van der Waals surface area contributed by atoms with Crippen molar-refractivity contribution in [3.05, 3.63) is 100.0 Å². The van der Waals surface area contributed by atoms with Crippen molar-refractivity contribution in [3.8, 4) is 17.5 Å². The maximum Gasteiger partial charge on any atom is 0.267 e. The highest BCUT2D eigenvalue weighted by molar-refractivity contribution is 6.01. The molecule has 0 aliphatic carbocycles. The molecule has 0 saturated carbocycles. The Hall–Kier alpha value is -5.10. The van der Waals surface area contributed by atoms with E-state index in [4.69, 9.17) is 4.98 Å². The number of nitrogens with one attached hydrogen (secondary N) is 1. The minimum absolute atomic E-state index is 0.292. The van der Waals surface area contributed by atoms with Crippen LogP contribution in [0.4, 0.5) is 0 Å². The third kappa shape index (κ3) is 3.91. The Morgan fingerprint density at radius 1 is 1.11 bits per heavy atom. The van der Waals surface area contributed by atoms with Gasteiger partial charge in [-0.3, -0.25) is 19.0 Å². The number of fused-ring (bicyclic) bond motifs is 2. The molecular weight excluding hydrogens is 456 g/mol. The van der Waals surface area contributed by atoms with Crippen LogP contribution in [0.25, 0.3) is 22.2 Å². The first-order valence-electron chi connectivity index (χ1n) is 11.2. The number of carbonyl (C=O) groups excluding carboxylic acids is 2. The summed E-state index contributed by atoms with van der Waals surface area (Å²) in [6, 6.07) is 15.2. The molecule has 0 fully saturated rings. The smallest absolute Gasteiger partial charge is 0.267 e. The maximum absolute atomic E-state index is 13.8. The van der Waals surface area contributed by atoms with Crippen molar-refractivity contribution in [2.24, 2.45) is 0 Å². The Labute approximate surface area is 205 Å². The van der Waals surface area contributed by atoms with Crippen molar-refractivity contribution < 1.29 is 9.59 Å². The average molecular weight is 476 g/mol. The van der Waals surface area contributed by atoms with Gasteiger partial charge in [0, 0.05) is 18.0 Å². The van der Waals surface area contributed by atoms with Crippen LogP contribution in [0.3, 0.4) is 0 Å². The van der Waals surface area contributed by atoms with E-state index >= 15 is 0 Å². The van der Waals surface area contributed by atoms with Crippen LogP contribution in [0, 0.1) is 18.8 Å². The molecule has 9 heteroatoms. The van der Waals surface area contributed by atoms with Crippen molar-refractivity contribution in [2.45, 2.75) is 19.9 Å². The predicted molar refractivity (Wildman–Crippen MR) is 134 cm³/mol. The van der Waals surface area contributed by atoms with Crippen LogP contribution in [0.1, 0.15) is 40.4 Å². The number of nitrogens with zero attached hydrogens (tertiary/aromatic N) is 5. The Morgan fingerprint density at radius 3 is 2.69 bits per heavy atom. The zero-order chi connectivity index (χ0) is 25.2. The van der Waals surface area contributed by atoms with E-state index in [2.05, 4.69) is 27.2 Å². The number of rotatable bonds is 4. The van der Waals surface area contributed by atoms with Crippen LogP contribution in [-0.2, 0) is 4.79 Å². The van der Waals surface area contributed by atoms with Gasteiger partial charge < -0.3 is 5.32 Å². The largest absolute Gasteiger partial charge is 0.342 e. The molecule has 176 valence electrons. The van der Waals surface area contributed by atoms with E-state index in [9.17, 15) is 14.4 Å². The third-order valence-corrected chi connectivity index (χ3v) is 5.74. The van der Waals surface area contributed by atoms with Gasteiger partial charge in [-0.05, 0) is 50.1 Å². The van der Waals surface area contributed by atoms with Crippen molar-refractivity contribution >= 4 is 28.7 Å². The summed E-state index contributed by atoms with van der Waals surface area (Å²) in [4.78, 5) is 47.0. The average Bonchev–Trinajstić information content (AvgIpc) is 3.23. The third-order valence-electron chi connectivity index (χ3n) is 5.74. The first-order chi connectivity index (χ1) is 17.5. The number of aryl methyl sites for hydroxylation is 1. The Morgan fingerprint density at radius 2 is 1.92 bits per heavy atom. The van der Waals surface area contributed by atoms with E-state index in [1.807, 2.05) is 18.2 Å². The molecule has 36 heavy (non-hydrogen) atoms. The van der Waals surface area contributed by atoms with Crippen LogP contribution in [0.5, 0.6) is 0 Å². The van der Waals surface area contributed by atoms with E-state index < -0.39 is 6.04 Å². The van der Waals surface area contributed by atoms with Gasteiger partial charge in [0.25, 0.3) is 11.5 Å². The number of hydrogen-bond donors (Lipinski definition) is 1. The molecule has 0 saturated heterocycles. The lowest BCUT2D eigenvalue weighted by Crippen LogP contribution is -2.33. The molecule has 0 bridgehead atoms. The van der Waals surface area contributed by atoms with E-state index in [1.165, 1.54) is 4.57 Å². The second-order valence-corrected chi connectivity index (χ2v) is 8.08. The molecule has 5 rings (SSSR count). The molecular formula is C27H20N6O3. The number of amides is 1. The molecule has 0 aliphatic heterocycles. The second-order valence-electron chi connectivity index (χ2n) is 8.08. The zero-order valence-corrected chi connectivity index (χ0v) is 19.5. The fraction of sp³-hybridized carbons (Fsp3) is 0.111. The first kappa shape index (κ1) is 22.7. The summed E-state index contributed by atoms with van der Waals surface area (Å²) in [7, 11) is 0. The van der Waals surface area contributed by atoms with Gasteiger partial charge in [-0.1, -0.05) is 30.2 Å². The van der Waals surface area contributed by atoms with Gasteiger partial charge in [-0.15, -0.1) is 0 Å². The Kier molecular flexibility index (Phi) is 5.84. The molecule has 3 aromatic heterocycles. The van der Waals surface area contributed by atoms with Gasteiger partial charge in [-0.25, -0.2) is 14.5 Å². The molecule has 9 nitrogen and oxygen atoms in total. The van der Waals surface area contributed by atoms with Gasteiger partial charge in [0.15, 0.2) is 11.9 Å². The number of hydrogen-bond acceptors (Lipinski definition) is 6. The maximum atomic E-state index is 13.8. The number of benzene rings is 2. The number of aromatic nitrogens is 5. The molecule has 1 atom stereocenters. The summed E-state index contributed by atoms with van der Waals surface area (Å²) in [5.41, 5.74) is 2.36. The fourth-order valence-electron chi connectivity index (χ4n) is 4.17. The molecule has 0 unspecified atom stereocenters. The Balaban J connectivity index is 1.66. The SMILES string of the molecule is Cc1nn2cccnc2c1C(=O)N[C@@H](C)c1nc2cccc(C#CC=O)c2c(=O)n1-c1ccccc1. The van der Waals surface area contributed by atoms with Gasteiger partial charge in [0.2, 0.25) is 0 Å². The highest BCUT2D eigenvalue weighted by atomic mass is 16.2. The van der Waals surface area contributed by atoms with E-state index in [0.717, 1.165) is 0 Å². The minimum atomic E-state index is -0.655. The summed E-state index contributed by atoms with van der Waals surface area (Å²) in [6.07, 6.45) is 3.80. The topological polar surface area (TPSA) is 111 Å². The van der Waals surface area contributed by atoms with Crippen LogP contribution in [-0.4, -0.2) is 36.3 Å². The molecule has 1 amide bonds. The fourth-order valence-corrected chi connectivity index (χ4v) is 4.17. The molecule has 0 aliphatic rings. The highest BCUT2D eigenvalue weighted by Crippen LogP contribution is 2.21. The molecule has 3 heterocycles. The monoisotopic (exact) mass is 476 g/mol. The van der Waals surface area contributed by atoms with Gasteiger partial charge >= 0.3 is 0 Å². The lowest BCUT2D eigenvalue weighted by atomic mass is 10.1. The lowest BCUT2D eigenvalue weighted by Gasteiger charge is -2.20. The number of carbonyl (C=O) groups is 2. The summed E-state index contributed by atoms with van der Waals surface area (Å²) in [6.45, 7) is 3.50. The number of para-hydroxylation sites is 1. The lowest BCUT2D eigenvalue weighted by molar-refractivity contribution is -0.103. The van der Waals surface area contributed by atoms with E-state index in [0.29, 0.717) is 51.2 Å². The standard InChI is InChI=1S/C27H20N6O3/c1-17-22(25-28-14-8-15-32(25)31-17)26(35)29-18(2)24-30-21-13-6-9-19(10-7-16-34)23(21)27(36)33(24)20-11-4-3-5-12-20/h3-6,8-9,11-16,18H,1-2H3,(H,29,35)/t18-/m0/s1. The molecule has 2 aromatic carbocycles. The first-order valence-corrected chi connectivity index (χ1v) is 11.2. The second kappa shape index (κ2) is 9.27. The quantitative estimate of drug-likeness (QED) is 0.315. The van der Waals surface area contributed by atoms with Crippen LogP contribution >= 0.6 is 0 Å². The van der Waals surface area contributed by atoms with Gasteiger partial charge in [0.05, 0.1) is 28.3 Å². The summed E-state index contributed by atoms with van der Waals surface area (Å²) < 4.78 is 3.01. The van der Waals surface area contributed by atoms with Crippen LogP contribution < -0.4 is 10.9 Å². The molecule has 1 N–H and O–H groups in total. The molecule has 5 aromatic rings. The minimum Gasteiger partial charge on any atom is -0.342 e. The van der Waals surface area contributed by atoms with E-state index in [-0.39, 0.29) is 11.5 Å². The van der Waals surface area contributed by atoms with E-state index in [1.54, 1.807) is 67.2 Å². The highest BCUT2D eigenvalue weighted by Gasteiger charge is 2.24. The molecule has 0 radical (unpaired) electrons.